The molecular formula is C21H27FN4O. The molecule has 2 aromatic rings. The third kappa shape index (κ3) is 5.18. The minimum atomic E-state index is -0.234. The van der Waals surface area contributed by atoms with Crippen LogP contribution in [0.25, 0.3) is 0 Å². The summed E-state index contributed by atoms with van der Waals surface area (Å²) in [6.07, 6.45) is 5.27. The molecule has 2 heterocycles. The van der Waals surface area contributed by atoms with Crippen LogP contribution in [0.3, 0.4) is 0 Å². The molecule has 144 valence electrons. The quantitative estimate of drug-likeness (QED) is 0.754. The Morgan fingerprint density at radius 2 is 1.81 bits per heavy atom. The second kappa shape index (κ2) is 9.35. The Hall–Kier alpha value is -2.63. The number of unbranched alkanes of at least 4 members (excludes halogenated alkanes) is 2. The Kier molecular flexibility index (Phi) is 6.63. The van der Waals surface area contributed by atoms with Crippen LogP contribution >= 0.6 is 0 Å². The summed E-state index contributed by atoms with van der Waals surface area (Å²) in [5, 5.41) is 3.33. The minimum Gasteiger partial charge on any atom is -0.384 e. The highest BCUT2D eigenvalue weighted by Gasteiger charge is 2.23. The van der Waals surface area contributed by atoms with Gasteiger partial charge in [0.25, 0.3) is 5.91 Å². The van der Waals surface area contributed by atoms with Crippen LogP contribution in [0.4, 0.5) is 15.8 Å². The first-order valence-corrected chi connectivity index (χ1v) is 9.67. The van der Waals surface area contributed by atoms with Gasteiger partial charge in [0, 0.05) is 38.4 Å². The largest absolute Gasteiger partial charge is 0.384 e. The normalized spacial score (nSPS) is 14.3. The summed E-state index contributed by atoms with van der Waals surface area (Å²) >= 11 is 0. The maximum Gasteiger partial charge on any atom is 0.272 e. The first-order valence-electron chi connectivity index (χ1n) is 9.67. The molecule has 6 heteroatoms. The maximum absolute atomic E-state index is 13.1. The Balaban J connectivity index is 1.50. The lowest BCUT2D eigenvalue weighted by atomic mass is 10.2. The van der Waals surface area contributed by atoms with Gasteiger partial charge in [0.15, 0.2) is 0 Å². The van der Waals surface area contributed by atoms with E-state index in [9.17, 15) is 9.18 Å². The number of hydrogen-bond donors (Lipinski definition) is 1. The molecule has 0 saturated carbocycles. The van der Waals surface area contributed by atoms with Crippen molar-refractivity contribution in [2.45, 2.75) is 26.2 Å². The van der Waals surface area contributed by atoms with Crippen molar-refractivity contribution in [3.8, 4) is 0 Å². The van der Waals surface area contributed by atoms with Gasteiger partial charge in [-0.2, -0.15) is 0 Å². The van der Waals surface area contributed by atoms with Crippen LogP contribution in [0, 0.1) is 5.82 Å². The van der Waals surface area contributed by atoms with Gasteiger partial charge in [-0.3, -0.25) is 4.79 Å². The predicted molar refractivity (Wildman–Crippen MR) is 107 cm³/mol. The fraction of sp³-hybridized carbons (Fsp3) is 0.429. The molecule has 0 spiro atoms. The molecule has 1 amide bonds. The Bertz CT molecular complexity index is 725. The number of hydrogen-bond acceptors (Lipinski definition) is 4. The number of nitrogens with one attached hydrogen (secondary N) is 1. The van der Waals surface area contributed by atoms with Crippen LogP contribution in [0.5, 0.6) is 0 Å². The smallest absolute Gasteiger partial charge is 0.272 e. The molecule has 0 radical (unpaired) electrons. The van der Waals surface area contributed by atoms with E-state index in [1.807, 2.05) is 11.0 Å². The van der Waals surface area contributed by atoms with Crippen molar-refractivity contribution >= 4 is 17.3 Å². The van der Waals surface area contributed by atoms with Gasteiger partial charge in [-0.1, -0.05) is 19.8 Å². The van der Waals surface area contributed by atoms with Crippen molar-refractivity contribution < 1.29 is 9.18 Å². The second-order valence-corrected chi connectivity index (χ2v) is 6.82. The first kappa shape index (κ1) is 19.1. The molecule has 0 atom stereocenters. The van der Waals surface area contributed by atoms with E-state index in [1.165, 1.54) is 25.0 Å². The average molecular weight is 370 g/mol. The molecule has 27 heavy (non-hydrogen) atoms. The number of rotatable bonds is 7. The highest BCUT2D eigenvalue weighted by molar-refractivity contribution is 5.92. The summed E-state index contributed by atoms with van der Waals surface area (Å²) in [5.41, 5.74) is 2.41. The van der Waals surface area contributed by atoms with E-state index in [0.717, 1.165) is 37.4 Å². The fourth-order valence-corrected chi connectivity index (χ4v) is 3.21. The number of nitrogens with zero attached hydrogens (tertiary/aromatic N) is 3. The summed E-state index contributed by atoms with van der Waals surface area (Å²) in [6, 6.07) is 10.2. The van der Waals surface area contributed by atoms with Crippen molar-refractivity contribution in [3.05, 3.63) is 54.1 Å². The standard InChI is InChI=1S/C21H27FN4O/c1-2-3-4-11-23-18-7-10-20(24-16-18)21(27)26-14-12-25(13-15-26)19-8-5-17(22)6-9-19/h5-10,16,23H,2-4,11-15H2,1H3. The van der Waals surface area contributed by atoms with Gasteiger partial charge in [0.2, 0.25) is 0 Å². The van der Waals surface area contributed by atoms with Crippen molar-refractivity contribution in [1.29, 1.82) is 0 Å². The van der Waals surface area contributed by atoms with E-state index in [0.29, 0.717) is 18.8 Å². The molecule has 1 aliphatic rings. The summed E-state index contributed by atoms with van der Waals surface area (Å²) in [7, 11) is 0. The Morgan fingerprint density at radius 1 is 1.07 bits per heavy atom. The second-order valence-electron chi connectivity index (χ2n) is 6.82. The highest BCUT2D eigenvalue weighted by atomic mass is 19.1. The van der Waals surface area contributed by atoms with Crippen LogP contribution in [-0.2, 0) is 0 Å². The van der Waals surface area contributed by atoms with Crippen molar-refractivity contribution in [2.75, 3.05) is 42.9 Å². The van der Waals surface area contributed by atoms with E-state index in [1.54, 1.807) is 24.4 Å². The SMILES string of the molecule is CCCCCNc1ccc(C(=O)N2CCN(c3ccc(F)cc3)CC2)nc1. The monoisotopic (exact) mass is 370 g/mol. The lowest BCUT2D eigenvalue weighted by molar-refractivity contribution is 0.0741. The molecule has 1 N–H and O–H groups in total. The van der Waals surface area contributed by atoms with Gasteiger partial charge in [0.05, 0.1) is 11.9 Å². The zero-order valence-electron chi connectivity index (χ0n) is 15.8. The molecule has 0 bridgehead atoms. The van der Waals surface area contributed by atoms with Crippen LogP contribution in [0.1, 0.15) is 36.7 Å². The number of benzene rings is 1. The summed E-state index contributed by atoms with van der Waals surface area (Å²) < 4.78 is 13.1. The molecule has 3 rings (SSSR count). The van der Waals surface area contributed by atoms with Gasteiger partial charge in [-0.05, 0) is 42.8 Å². The molecule has 0 unspecified atom stereocenters. The van der Waals surface area contributed by atoms with Crippen LogP contribution in [0.15, 0.2) is 42.6 Å². The number of carbonyl (C=O) groups is 1. The van der Waals surface area contributed by atoms with Crippen molar-refractivity contribution in [1.82, 2.24) is 9.88 Å². The molecular weight excluding hydrogens is 343 g/mol. The lowest BCUT2D eigenvalue weighted by Gasteiger charge is -2.36. The number of aromatic nitrogens is 1. The van der Waals surface area contributed by atoms with Crippen LogP contribution in [0.2, 0.25) is 0 Å². The number of carbonyl (C=O) groups excluding carboxylic acids is 1. The third-order valence-electron chi connectivity index (χ3n) is 4.85. The number of pyridine rings is 1. The first-order chi connectivity index (χ1) is 13.2. The molecule has 5 nitrogen and oxygen atoms in total. The third-order valence-corrected chi connectivity index (χ3v) is 4.85. The van der Waals surface area contributed by atoms with Crippen LogP contribution in [-0.4, -0.2) is 48.5 Å². The highest BCUT2D eigenvalue weighted by Crippen LogP contribution is 2.18. The Morgan fingerprint density at radius 3 is 2.44 bits per heavy atom. The Labute approximate surface area is 160 Å². The number of halogens is 1. The summed E-state index contributed by atoms with van der Waals surface area (Å²) in [5.74, 6) is -0.270. The molecule has 1 aromatic heterocycles. The number of piperazine rings is 1. The average Bonchev–Trinajstić information content (AvgIpc) is 2.72. The van der Waals surface area contributed by atoms with Crippen molar-refractivity contribution in [3.63, 3.8) is 0 Å². The number of anilines is 2. The van der Waals surface area contributed by atoms with E-state index in [2.05, 4.69) is 22.1 Å². The number of amides is 1. The molecule has 1 aliphatic heterocycles. The molecule has 1 saturated heterocycles. The minimum absolute atomic E-state index is 0.0358. The van der Waals surface area contributed by atoms with Crippen LogP contribution < -0.4 is 10.2 Å². The molecule has 0 aliphatic carbocycles. The van der Waals surface area contributed by atoms with E-state index in [4.69, 9.17) is 0 Å². The molecule has 1 aromatic carbocycles. The predicted octanol–water partition coefficient (Wildman–Crippen LogP) is 3.79. The molecule has 1 fully saturated rings. The van der Waals surface area contributed by atoms with Gasteiger partial charge in [-0.15, -0.1) is 0 Å². The van der Waals surface area contributed by atoms with Gasteiger partial charge in [-0.25, -0.2) is 9.37 Å². The zero-order chi connectivity index (χ0) is 19.1. The van der Waals surface area contributed by atoms with E-state index < -0.39 is 0 Å². The lowest BCUT2D eigenvalue weighted by Crippen LogP contribution is -2.49. The van der Waals surface area contributed by atoms with Gasteiger partial charge < -0.3 is 15.1 Å². The van der Waals surface area contributed by atoms with Crippen molar-refractivity contribution in [2.24, 2.45) is 0 Å². The summed E-state index contributed by atoms with van der Waals surface area (Å²) in [4.78, 5) is 21.0. The fourth-order valence-electron chi connectivity index (χ4n) is 3.21. The summed E-state index contributed by atoms with van der Waals surface area (Å²) in [6.45, 7) is 5.84. The van der Waals surface area contributed by atoms with E-state index in [-0.39, 0.29) is 11.7 Å². The van der Waals surface area contributed by atoms with Gasteiger partial charge in [0.1, 0.15) is 11.5 Å². The maximum atomic E-state index is 13.1. The zero-order valence-corrected chi connectivity index (χ0v) is 15.8. The van der Waals surface area contributed by atoms with Gasteiger partial charge >= 0.3 is 0 Å². The topological polar surface area (TPSA) is 48.5 Å². The van der Waals surface area contributed by atoms with E-state index >= 15 is 0 Å².